The van der Waals surface area contributed by atoms with Crippen molar-refractivity contribution < 1.29 is 0 Å². The van der Waals surface area contributed by atoms with Crippen LogP contribution in [0.4, 0.5) is 0 Å². The van der Waals surface area contributed by atoms with Crippen LogP contribution in [0.15, 0.2) is 22.5 Å². The molecule has 2 heterocycles. The first kappa shape index (κ1) is 14.2. The molecule has 2 saturated carbocycles. The fraction of sp³-hybridized carbons (Fsp3) is 0.667. The summed E-state index contributed by atoms with van der Waals surface area (Å²) in [6.07, 6.45) is 9.08. The van der Waals surface area contributed by atoms with Crippen LogP contribution < -0.4 is 0 Å². The summed E-state index contributed by atoms with van der Waals surface area (Å²) in [5, 5.41) is 25.6. The van der Waals surface area contributed by atoms with Crippen LogP contribution in [-0.2, 0) is 0 Å². The molecule has 2 aliphatic carbocycles. The zero-order chi connectivity index (χ0) is 14.8. The van der Waals surface area contributed by atoms with Gasteiger partial charge >= 0.3 is 0 Å². The predicted octanol–water partition coefficient (Wildman–Crippen LogP) is 1.77. The third-order valence-corrected chi connectivity index (χ3v) is 5.27. The normalized spacial score (nSPS) is 18.4. The minimum atomic E-state index is 0.526. The van der Waals surface area contributed by atoms with Gasteiger partial charge in [0.2, 0.25) is 10.3 Å². The average molecular weight is 336 g/mol. The van der Waals surface area contributed by atoms with Gasteiger partial charge in [-0.05, 0) is 46.5 Å². The number of aromatic nitrogens is 8. The Bertz CT molecular complexity index is 601. The summed E-state index contributed by atoms with van der Waals surface area (Å²) in [7, 11) is 0. The van der Waals surface area contributed by atoms with Gasteiger partial charge in [-0.2, -0.15) is 0 Å². The van der Waals surface area contributed by atoms with Crippen molar-refractivity contribution in [2.24, 2.45) is 0 Å². The molecule has 0 atom stereocenters. The highest BCUT2D eigenvalue weighted by atomic mass is 32.2. The van der Waals surface area contributed by atoms with Crippen molar-refractivity contribution in [2.75, 3.05) is 11.5 Å². The molecule has 0 spiro atoms. The van der Waals surface area contributed by atoms with Crippen molar-refractivity contribution >= 4 is 23.5 Å². The number of hydrogen-bond acceptors (Lipinski definition) is 8. The van der Waals surface area contributed by atoms with Gasteiger partial charge in [-0.3, -0.25) is 0 Å². The van der Waals surface area contributed by atoms with Gasteiger partial charge in [-0.25, -0.2) is 9.36 Å². The maximum atomic E-state index is 4.07. The molecule has 2 fully saturated rings. The molecule has 2 aromatic heterocycles. The van der Waals surface area contributed by atoms with Crippen molar-refractivity contribution in [3.63, 3.8) is 0 Å². The molecule has 0 N–H and O–H groups in total. The molecule has 0 amide bonds. The predicted molar refractivity (Wildman–Crippen MR) is 82.8 cm³/mol. The second-order valence-corrected chi connectivity index (χ2v) is 7.34. The van der Waals surface area contributed by atoms with Crippen LogP contribution in [0, 0.1) is 0 Å². The second-order valence-electron chi connectivity index (χ2n) is 5.37. The zero-order valence-electron chi connectivity index (χ0n) is 11.9. The third kappa shape index (κ3) is 3.32. The quantitative estimate of drug-likeness (QED) is 0.532. The summed E-state index contributed by atoms with van der Waals surface area (Å²) in [6, 6.07) is 1.05. The molecule has 0 bridgehead atoms. The van der Waals surface area contributed by atoms with E-state index in [0.717, 1.165) is 21.8 Å². The van der Waals surface area contributed by atoms with E-state index in [1.54, 1.807) is 23.5 Å². The number of nitrogens with zero attached hydrogens (tertiary/aromatic N) is 8. The van der Waals surface area contributed by atoms with Gasteiger partial charge in [0.05, 0.1) is 12.1 Å². The molecule has 0 radical (unpaired) electrons. The van der Waals surface area contributed by atoms with Crippen LogP contribution in [0.2, 0.25) is 0 Å². The van der Waals surface area contributed by atoms with Crippen LogP contribution >= 0.6 is 23.5 Å². The lowest BCUT2D eigenvalue weighted by Gasteiger charge is -2.00. The Kier molecular flexibility index (Phi) is 4.11. The van der Waals surface area contributed by atoms with Gasteiger partial charge in [0.15, 0.2) is 0 Å². The molecule has 4 rings (SSSR count). The molecule has 0 unspecified atom stereocenters. The van der Waals surface area contributed by atoms with Crippen LogP contribution in [0.1, 0.15) is 37.8 Å². The summed E-state index contributed by atoms with van der Waals surface area (Å²) in [4.78, 5) is 0. The van der Waals surface area contributed by atoms with Crippen molar-refractivity contribution in [2.45, 2.75) is 48.1 Å². The Hall–Kier alpha value is -1.42. The smallest absolute Gasteiger partial charge is 0.209 e. The molecule has 22 heavy (non-hydrogen) atoms. The minimum Gasteiger partial charge on any atom is -0.217 e. The summed E-state index contributed by atoms with van der Waals surface area (Å²) in [5.74, 6) is 1.75. The largest absolute Gasteiger partial charge is 0.217 e. The van der Waals surface area contributed by atoms with Gasteiger partial charge < -0.3 is 0 Å². The Labute approximate surface area is 136 Å². The van der Waals surface area contributed by atoms with E-state index in [-0.39, 0.29) is 0 Å². The lowest BCUT2D eigenvalue weighted by molar-refractivity contribution is 0.565. The number of thioether (sulfide) groups is 2. The Morgan fingerprint density at radius 2 is 1.27 bits per heavy atom. The Balaban J connectivity index is 1.21. The summed E-state index contributed by atoms with van der Waals surface area (Å²) in [6.45, 7) is 0. The highest BCUT2D eigenvalue weighted by Crippen LogP contribution is 2.37. The Morgan fingerprint density at radius 3 is 1.68 bits per heavy atom. The monoisotopic (exact) mass is 336 g/mol. The zero-order valence-corrected chi connectivity index (χ0v) is 13.6. The van der Waals surface area contributed by atoms with E-state index in [0.29, 0.717) is 12.1 Å². The fourth-order valence-electron chi connectivity index (χ4n) is 2.04. The highest BCUT2D eigenvalue weighted by molar-refractivity contribution is 7.99. The van der Waals surface area contributed by atoms with E-state index >= 15 is 0 Å². The first-order valence-corrected chi connectivity index (χ1v) is 9.35. The maximum absolute atomic E-state index is 4.07. The molecular weight excluding hydrogens is 320 g/mol. The molecule has 0 aromatic carbocycles. The van der Waals surface area contributed by atoms with Gasteiger partial charge in [-0.1, -0.05) is 35.7 Å². The van der Waals surface area contributed by atoms with Gasteiger partial charge in [-0.15, -0.1) is 10.2 Å². The topological polar surface area (TPSA) is 87.2 Å². The molecule has 10 heteroatoms. The standard InChI is InChI=1S/C12H16N8S2/c1(7-21-11-13-15-17-19(11)9-3-4-9)2-8-22-12-14-16-18-20(12)10-5-6-10/h1-2,9-10H,3-8H2. The van der Waals surface area contributed by atoms with Gasteiger partial charge in [0.25, 0.3) is 0 Å². The maximum Gasteiger partial charge on any atom is 0.209 e. The van der Waals surface area contributed by atoms with E-state index in [4.69, 9.17) is 0 Å². The molecule has 0 saturated heterocycles. The van der Waals surface area contributed by atoms with E-state index < -0.39 is 0 Å². The van der Waals surface area contributed by atoms with E-state index in [1.165, 1.54) is 25.7 Å². The minimum absolute atomic E-state index is 0.526. The number of rotatable bonds is 8. The van der Waals surface area contributed by atoms with Crippen molar-refractivity contribution in [3.05, 3.63) is 12.2 Å². The van der Waals surface area contributed by atoms with Crippen molar-refractivity contribution in [3.8, 4) is 0 Å². The molecule has 2 aliphatic rings. The fourth-order valence-corrected chi connectivity index (χ4v) is 3.63. The lowest BCUT2D eigenvalue weighted by atomic mass is 10.6. The molecule has 116 valence electrons. The number of tetrazole rings is 2. The van der Waals surface area contributed by atoms with E-state index in [9.17, 15) is 0 Å². The summed E-state index contributed by atoms with van der Waals surface area (Å²) in [5.41, 5.74) is 0. The molecule has 2 aromatic rings. The molecule has 8 nitrogen and oxygen atoms in total. The SMILES string of the molecule is C(=CCSc1nnnn1C1CC1)CSc1nnnn1C1CC1. The highest BCUT2D eigenvalue weighted by Gasteiger charge is 2.28. The van der Waals surface area contributed by atoms with Crippen molar-refractivity contribution in [1.29, 1.82) is 0 Å². The second kappa shape index (κ2) is 6.37. The molecular formula is C12H16N8S2. The van der Waals surface area contributed by atoms with Crippen LogP contribution in [0.5, 0.6) is 0 Å². The van der Waals surface area contributed by atoms with Crippen LogP contribution in [0.3, 0.4) is 0 Å². The van der Waals surface area contributed by atoms with Crippen molar-refractivity contribution in [1.82, 2.24) is 40.4 Å². The van der Waals surface area contributed by atoms with Gasteiger partial charge in [0.1, 0.15) is 0 Å². The lowest BCUT2D eigenvalue weighted by Crippen LogP contribution is -1.99. The third-order valence-electron chi connectivity index (χ3n) is 3.49. The summed E-state index contributed by atoms with van der Waals surface area (Å²) >= 11 is 3.35. The first-order chi connectivity index (χ1) is 10.9. The Morgan fingerprint density at radius 1 is 0.818 bits per heavy atom. The van der Waals surface area contributed by atoms with E-state index in [1.807, 2.05) is 9.36 Å². The summed E-state index contributed by atoms with van der Waals surface area (Å²) < 4.78 is 3.88. The molecule has 0 aliphatic heterocycles. The van der Waals surface area contributed by atoms with Gasteiger partial charge in [0, 0.05) is 11.5 Å². The number of hydrogen-bond donors (Lipinski definition) is 0. The van der Waals surface area contributed by atoms with Crippen LogP contribution in [0.25, 0.3) is 0 Å². The van der Waals surface area contributed by atoms with E-state index in [2.05, 4.69) is 43.2 Å². The average Bonchev–Trinajstić information content (AvgIpc) is 3.46. The van der Waals surface area contributed by atoms with Crippen LogP contribution in [-0.4, -0.2) is 51.9 Å². The first-order valence-electron chi connectivity index (χ1n) is 7.38.